The van der Waals surface area contributed by atoms with Crippen molar-refractivity contribution in [2.45, 2.75) is 322 Å². The van der Waals surface area contributed by atoms with Gasteiger partial charge in [-0.3, -0.25) is 14.2 Å². The van der Waals surface area contributed by atoms with E-state index in [1.54, 1.807) is 0 Å². The van der Waals surface area contributed by atoms with Gasteiger partial charge < -0.3 is 27.9 Å². The fourth-order valence-electron chi connectivity index (χ4n) is 9.80. The number of ether oxygens (including phenoxy) is 2. The van der Waals surface area contributed by atoms with Gasteiger partial charge in [-0.25, -0.2) is 0 Å². The Bertz CT molecular complexity index is 1600. The average Bonchev–Trinajstić information content (AvgIpc) is 3.44. The molecule has 0 rings (SSSR count). The maximum atomic E-state index is 12.8. The molecule has 0 aliphatic rings. The van der Waals surface area contributed by atoms with E-state index in [1.165, 1.54) is 225 Å². The number of nitrogens with zero attached hydrogens (tertiary/aromatic N) is 1. The monoisotopic (exact) mass is 1160 g/mol. The van der Waals surface area contributed by atoms with Crippen molar-refractivity contribution in [3.8, 4) is 0 Å². The Morgan fingerprint density at radius 1 is 0.395 bits per heavy atom. The second-order valence-electron chi connectivity index (χ2n) is 24.2. The quantitative estimate of drug-likeness (QED) is 0.0195. The standard InChI is InChI=1S/C71H130NO8P/c1-6-8-10-12-14-16-18-20-22-24-26-27-28-29-30-31-32-33-34-35-36-37-38-39-40-41-42-43-44-46-47-49-51-53-55-57-59-61-63-70(73)77-67-69(68-79-81(75,76)78-66-65-72(3,4)5)80-71(74)64-62-60-58-56-54-52-50-48-45-25-23-21-19-17-15-13-11-9-7-2/h9,11,15,17,21,23,45,48,52,54,58,60,69H,6-8,10,12-14,16,18-20,22,24-44,46-47,49-51,53,55-57,59,61-68H2,1-5H3/b11-9-,17-15-,23-21-,48-45-,54-52-,60-58-. The lowest BCUT2D eigenvalue weighted by Gasteiger charge is -2.28. The maximum absolute atomic E-state index is 12.8. The highest BCUT2D eigenvalue weighted by molar-refractivity contribution is 7.45. The average molecular weight is 1160 g/mol. The summed E-state index contributed by atoms with van der Waals surface area (Å²) in [6.45, 7) is 4.07. The molecule has 0 saturated carbocycles. The molecule has 81 heavy (non-hydrogen) atoms. The number of rotatable bonds is 63. The molecular weight excluding hydrogens is 1030 g/mol. The highest BCUT2D eigenvalue weighted by atomic mass is 31.2. The summed E-state index contributed by atoms with van der Waals surface area (Å²) in [6, 6.07) is 0. The molecule has 2 unspecified atom stereocenters. The zero-order chi connectivity index (χ0) is 59.1. The van der Waals surface area contributed by atoms with E-state index in [1.807, 2.05) is 33.3 Å². The molecule has 0 heterocycles. The normalized spacial score (nSPS) is 13.6. The van der Waals surface area contributed by atoms with Gasteiger partial charge in [-0.2, -0.15) is 0 Å². The molecule has 0 amide bonds. The largest absolute Gasteiger partial charge is 0.756 e. The van der Waals surface area contributed by atoms with Crippen molar-refractivity contribution in [2.75, 3.05) is 47.5 Å². The van der Waals surface area contributed by atoms with Gasteiger partial charge in [0.05, 0.1) is 27.7 Å². The molecular formula is C71H130NO8P. The number of hydrogen-bond acceptors (Lipinski definition) is 8. The number of hydrogen-bond donors (Lipinski definition) is 0. The third kappa shape index (κ3) is 66.5. The van der Waals surface area contributed by atoms with Crippen molar-refractivity contribution in [1.82, 2.24) is 0 Å². The molecule has 472 valence electrons. The van der Waals surface area contributed by atoms with Crippen LogP contribution in [-0.2, 0) is 32.7 Å². The van der Waals surface area contributed by atoms with Crippen LogP contribution in [0.3, 0.4) is 0 Å². The van der Waals surface area contributed by atoms with Gasteiger partial charge in [0, 0.05) is 12.8 Å². The summed E-state index contributed by atoms with van der Waals surface area (Å²) in [7, 11) is 1.12. The Kier molecular flexibility index (Phi) is 60.0. The Morgan fingerprint density at radius 3 is 1.02 bits per heavy atom. The van der Waals surface area contributed by atoms with Crippen LogP contribution >= 0.6 is 7.82 Å². The van der Waals surface area contributed by atoms with E-state index in [2.05, 4.69) is 74.6 Å². The molecule has 0 aromatic heterocycles. The van der Waals surface area contributed by atoms with Crippen molar-refractivity contribution < 1.29 is 42.1 Å². The molecule has 0 N–H and O–H groups in total. The SMILES string of the molecule is CC/C=C\C/C=C\C/C=C\C/C=C\C/C=C\C/C=C\CCC(=O)OC(COC(=O)CCCCCCCCCCCCCCCCCCCCCCCCCCCCCCCCCCCCCCCC)COP(=O)([O-])OCC[N+](C)(C)C. The molecule has 0 aromatic rings. The fraction of sp³-hybridized carbons (Fsp3) is 0.803. The molecule has 0 radical (unpaired) electrons. The van der Waals surface area contributed by atoms with E-state index in [0.717, 1.165) is 57.8 Å². The van der Waals surface area contributed by atoms with E-state index >= 15 is 0 Å². The third-order valence-electron chi connectivity index (χ3n) is 15.0. The molecule has 2 atom stereocenters. The number of esters is 2. The van der Waals surface area contributed by atoms with Crippen LogP contribution in [0.25, 0.3) is 0 Å². The van der Waals surface area contributed by atoms with Crippen molar-refractivity contribution in [1.29, 1.82) is 0 Å². The van der Waals surface area contributed by atoms with Gasteiger partial charge in [0.15, 0.2) is 6.10 Å². The summed E-state index contributed by atoms with van der Waals surface area (Å²) < 4.78 is 34.1. The Morgan fingerprint density at radius 2 is 0.704 bits per heavy atom. The zero-order valence-electron chi connectivity index (χ0n) is 53.7. The lowest BCUT2D eigenvalue weighted by Crippen LogP contribution is -2.37. The number of unbranched alkanes of at least 4 members (excludes halogenated alkanes) is 37. The minimum Gasteiger partial charge on any atom is -0.756 e. The predicted octanol–water partition coefficient (Wildman–Crippen LogP) is 21.4. The van der Waals surface area contributed by atoms with Gasteiger partial charge >= 0.3 is 11.9 Å². The number of carbonyl (C=O) groups excluding carboxylic acids is 2. The van der Waals surface area contributed by atoms with Crippen LogP contribution in [0.2, 0.25) is 0 Å². The fourth-order valence-corrected chi connectivity index (χ4v) is 10.5. The van der Waals surface area contributed by atoms with Gasteiger partial charge in [-0.05, 0) is 51.4 Å². The summed E-state index contributed by atoms with van der Waals surface area (Å²) in [5.41, 5.74) is 0. The highest BCUT2D eigenvalue weighted by Crippen LogP contribution is 2.38. The molecule has 0 bridgehead atoms. The van der Waals surface area contributed by atoms with Gasteiger partial charge in [-0.1, -0.05) is 324 Å². The topological polar surface area (TPSA) is 111 Å². The summed E-state index contributed by atoms with van der Waals surface area (Å²) in [5.74, 6) is -0.923. The number of phosphoric acid groups is 1. The molecule has 0 aromatic carbocycles. The van der Waals surface area contributed by atoms with E-state index in [9.17, 15) is 19.0 Å². The number of likely N-dealkylation sites (N-methyl/N-ethyl adjacent to an activating group) is 1. The van der Waals surface area contributed by atoms with Crippen LogP contribution in [0.1, 0.15) is 316 Å². The maximum Gasteiger partial charge on any atom is 0.306 e. The molecule has 10 heteroatoms. The van der Waals surface area contributed by atoms with E-state index in [-0.39, 0.29) is 26.1 Å². The first-order valence-electron chi connectivity index (χ1n) is 34.1. The van der Waals surface area contributed by atoms with Crippen LogP contribution in [-0.4, -0.2) is 70.0 Å². The second-order valence-corrected chi connectivity index (χ2v) is 25.6. The van der Waals surface area contributed by atoms with E-state index in [0.29, 0.717) is 17.4 Å². The van der Waals surface area contributed by atoms with Gasteiger partial charge in [-0.15, -0.1) is 0 Å². The van der Waals surface area contributed by atoms with Crippen LogP contribution in [0.4, 0.5) is 0 Å². The van der Waals surface area contributed by atoms with Crippen LogP contribution in [0, 0.1) is 0 Å². The zero-order valence-corrected chi connectivity index (χ0v) is 54.6. The van der Waals surface area contributed by atoms with Crippen molar-refractivity contribution in [3.05, 3.63) is 72.9 Å². The highest BCUT2D eigenvalue weighted by Gasteiger charge is 2.21. The second kappa shape index (κ2) is 62.0. The van der Waals surface area contributed by atoms with E-state index in [4.69, 9.17) is 18.5 Å². The number of allylic oxidation sites excluding steroid dienone is 12. The minimum atomic E-state index is -4.66. The van der Waals surface area contributed by atoms with Crippen LogP contribution in [0.15, 0.2) is 72.9 Å². The molecule has 0 spiro atoms. The van der Waals surface area contributed by atoms with Crippen molar-refractivity contribution >= 4 is 19.8 Å². The number of carbonyl (C=O) groups is 2. The summed E-state index contributed by atoms with van der Waals surface area (Å²) in [6.07, 6.45) is 83.2. The minimum absolute atomic E-state index is 0.0462. The molecule has 0 fully saturated rings. The first-order chi connectivity index (χ1) is 39.5. The summed E-state index contributed by atoms with van der Waals surface area (Å²) in [5, 5.41) is 0. The predicted molar refractivity (Wildman–Crippen MR) is 346 cm³/mol. The van der Waals surface area contributed by atoms with Crippen molar-refractivity contribution in [3.63, 3.8) is 0 Å². The summed E-state index contributed by atoms with van der Waals surface area (Å²) in [4.78, 5) is 37.9. The van der Waals surface area contributed by atoms with Crippen LogP contribution < -0.4 is 4.89 Å². The number of quaternary nitrogens is 1. The first kappa shape index (κ1) is 78.5. The lowest BCUT2D eigenvalue weighted by atomic mass is 10.0. The van der Waals surface area contributed by atoms with Crippen LogP contribution in [0.5, 0.6) is 0 Å². The Balaban J connectivity index is 3.96. The van der Waals surface area contributed by atoms with E-state index < -0.39 is 32.5 Å². The Labute approximate surface area is 501 Å². The first-order valence-corrected chi connectivity index (χ1v) is 35.6. The Hall–Kier alpha value is -2.55. The molecule has 0 aliphatic carbocycles. The smallest absolute Gasteiger partial charge is 0.306 e. The molecule has 0 aliphatic heterocycles. The molecule has 9 nitrogen and oxygen atoms in total. The number of phosphoric ester groups is 1. The van der Waals surface area contributed by atoms with Gasteiger partial charge in [0.1, 0.15) is 19.8 Å². The summed E-state index contributed by atoms with van der Waals surface area (Å²) >= 11 is 0. The lowest BCUT2D eigenvalue weighted by molar-refractivity contribution is -0.870. The third-order valence-corrected chi connectivity index (χ3v) is 16.0. The molecule has 0 saturated heterocycles. The van der Waals surface area contributed by atoms with Gasteiger partial charge in [0.25, 0.3) is 7.82 Å². The van der Waals surface area contributed by atoms with Gasteiger partial charge in [0.2, 0.25) is 0 Å². The van der Waals surface area contributed by atoms with Crippen molar-refractivity contribution in [2.24, 2.45) is 0 Å².